The summed E-state index contributed by atoms with van der Waals surface area (Å²) >= 11 is 0. The average Bonchev–Trinajstić information content (AvgIpc) is 2.98. The first kappa shape index (κ1) is 12.2. The van der Waals surface area contributed by atoms with Crippen LogP contribution in [0.5, 0.6) is 0 Å². The molecule has 0 bridgehead atoms. The lowest BCUT2D eigenvalue weighted by Crippen LogP contribution is -2.69. The maximum Gasteiger partial charge on any atom is 0.253 e. The second-order valence-electron chi connectivity index (χ2n) is 5.50. The van der Waals surface area contributed by atoms with Gasteiger partial charge in [-0.1, -0.05) is 12.8 Å². The van der Waals surface area contributed by atoms with Gasteiger partial charge in [-0.15, -0.1) is 0 Å². The van der Waals surface area contributed by atoms with E-state index in [4.69, 9.17) is 0 Å². The summed E-state index contributed by atoms with van der Waals surface area (Å²) in [5.41, 5.74) is 0.0144. The molecule has 1 saturated heterocycles. The molecule has 6 nitrogen and oxygen atoms in total. The summed E-state index contributed by atoms with van der Waals surface area (Å²) in [6.07, 6.45) is 6.86. The molecular formula is C13H18N4O2. The summed E-state index contributed by atoms with van der Waals surface area (Å²) in [4.78, 5) is 26.5. The highest BCUT2D eigenvalue weighted by Gasteiger charge is 2.51. The second kappa shape index (κ2) is 4.08. The molecule has 1 saturated carbocycles. The minimum atomic E-state index is -0.681. The third kappa shape index (κ3) is 1.74. The van der Waals surface area contributed by atoms with Gasteiger partial charge in [-0.25, -0.2) is 0 Å². The molecule has 19 heavy (non-hydrogen) atoms. The van der Waals surface area contributed by atoms with E-state index >= 15 is 0 Å². The van der Waals surface area contributed by atoms with Crippen molar-refractivity contribution in [2.75, 3.05) is 4.90 Å². The highest BCUT2D eigenvalue weighted by Crippen LogP contribution is 2.36. The Morgan fingerprint density at radius 1 is 1.37 bits per heavy atom. The lowest BCUT2D eigenvalue weighted by atomic mass is 9.91. The largest absolute Gasteiger partial charge is 0.340 e. The highest BCUT2D eigenvalue weighted by molar-refractivity contribution is 6.10. The van der Waals surface area contributed by atoms with E-state index in [2.05, 4.69) is 10.4 Å². The van der Waals surface area contributed by atoms with Crippen LogP contribution in [0.25, 0.3) is 0 Å². The zero-order valence-electron chi connectivity index (χ0n) is 11.2. The Kier molecular flexibility index (Phi) is 2.62. The number of hydrogen-bond acceptors (Lipinski definition) is 3. The third-order valence-electron chi connectivity index (χ3n) is 4.18. The Morgan fingerprint density at radius 3 is 2.63 bits per heavy atom. The van der Waals surface area contributed by atoms with Crippen LogP contribution in [0.1, 0.15) is 32.6 Å². The van der Waals surface area contributed by atoms with Gasteiger partial charge in [0, 0.05) is 13.2 Å². The number of aryl methyl sites for hydroxylation is 1. The molecule has 2 aliphatic rings. The molecule has 1 aromatic heterocycles. The minimum Gasteiger partial charge on any atom is -0.340 e. The van der Waals surface area contributed by atoms with Gasteiger partial charge in [0.05, 0.1) is 11.9 Å². The van der Waals surface area contributed by atoms with Crippen molar-refractivity contribution in [3.63, 3.8) is 0 Å². The molecule has 1 aliphatic heterocycles. The summed E-state index contributed by atoms with van der Waals surface area (Å²) < 4.78 is 1.64. The van der Waals surface area contributed by atoms with Crippen LogP contribution in [-0.2, 0) is 16.6 Å². The van der Waals surface area contributed by atoms with Crippen LogP contribution in [-0.4, -0.2) is 33.2 Å². The molecule has 6 heteroatoms. The molecule has 0 radical (unpaired) electrons. The van der Waals surface area contributed by atoms with E-state index < -0.39 is 11.6 Å². The van der Waals surface area contributed by atoms with E-state index in [1.165, 1.54) is 0 Å². The molecule has 2 heterocycles. The van der Waals surface area contributed by atoms with Gasteiger partial charge in [-0.2, -0.15) is 5.10 Å². The van der Waals surface area contributed by atoms with E-state index in [1.807, 2.05) is 0 Å². The molecular weight excluding hydrogens is 244 g/mol. The quantitative estimate of drug-likeness (QED) is 0.805. The normalized spacial score (nSPS) is 26.0. The van der Waals surface area contributed by atoms with Gasteiger partial charge in [0.15, 0.2) is 0 Å². The minimum absolute atomic E-state index is 0.00472. The SMILES string of the molecule is CC1C(=O)NC2(CCCC2)C(=O)N1c1cnn(C)c1. The van der Waals surface area contributed by atoms with E-state index in [0.29, 0.717) is 5.69 Å². The van der Waals surface area contributed by atoms with Crippen molar-refractivity contribution in [3.8, 4) is 0 Å². The van der Waals surface area contributed by atoms with Crippen molar-refractivity contribution >= 4 is 17.5 Å². The van der Waals surface area contributed by atoms with Crippen LogP contribution in [0.15, 0.2) is 12.4 Å². The first-order chi connectivity index (χ1) is 9.03. The van der Waals surface area contributed by atoms with Crippen molar-refractivity contribution in [3.05, 3.63) is 12.4 Å². The standard InChI is InChI=1S/C13H18N4O2/c1-9-11(18)15-13(5-3-4-6-13)12(19)17(9)10-7-14-16(2)8-10/h7-9H,3-6H2,1-2H3,(H,15,18). The van der Waals surface area contributed by atoms with Gasteiger partial charge in [-0.05, 0) is 19.8 Å². The van der Waals surface area contributed by atoms with E-state index in [1.54, 1.807) is 35.9 Å². The molecule has 1 aliphatic carbocycles. The Hall–Kier alpha value is -1.85. The Morgan fingerprint density at radius 2 is 2.05 bits per heavy atom. The van der Waals surface area contributed by atoms with Crippen molar-refractivity contribution in [1.29, 1.82) is 0 Å². The Balaban J connectivity index is 2.01. The van der Waals surface area contributed by atoms with Crippen LogP contribution in [0.3, 0.4) is 0 Å². The molecule has 3 rings (SSSR count). The number of nitrogens with one attached hydrogen (secondary N) is 1. The zero-order valence-corrected chi connectivity index (χ0v) is 11.2. The maximum absolute atomic E-state index is 12.8. The van der Waals surface area contributed by atoms with E-state index in [9.17, 15) is 9.59 Å². The fourth-order valence-corrected chi connectivity index (χ4v) is 3.11. The lowest BCUT2D eigenvalue weighted by Gasteiger charge is -2.42. The number of piperazine rings is 1. The number of nitrogens with zero attached hydrogens (tertiary/aromatic N) is 3. The van der Waals surface area contributed by atoms with Gasteiger partial charge in [0.25, 0.3) is 5.91 Å². The number of hydrogen-bond donors (Lipinski definition) is 1. The number of carbonyl (C=O) groups is 2. The first-order valence-electron chi connectivity index (χ1n) is 6.68. The van der Waals surface area contributed by atoms with Crippen molar-refractivity contribution in [1.82, 2.24) is 15.1 Å². The van der Waals surface area contributed by atoms with Crippen LogP contribution < -0.4 is 10.2 Å². The summed E-state index contributed by atoms with van der Waals surface area (Å²) in [6, 6.07) is -0.483. The molecule has 1 aromatic rings. The number of carbonyl (C=O) groups excluding carboxylic acids is 2. The predicted molar refractivity (Wildman–Crippen MR) is 69.5 cm³/mol. The monoisotopic (exact) mass is 262 g/mol. The Bertz CT molecular complexity index is 531. The van der Waals surface area contributed by atoms with Crippen LogP contribution in [0.2, 0.25) is 0 Å². The second-order valence-corrected chi connectivity index (χ2v) is 5.50. The van der Waals surface area contributed by atoms with Gasteiger partial charge in [-0.3, -0.25) is 19.2 Å². The van der Waals surface area contributed by atoms with E-state index in [0.717, 1.165) is 25.7 Å². The van der Waals surface area contributed by atoms with Crippen LogP contribution >= 0.6 is 0 Å². The lowest BCUT2D eigenvalue weighted by molar-refractivity contribution is -0.137. The van der Waals surface area contributed by atoms with Gasteiger partial charge in [0.1, 0.15) is 11.6 Å². The van der Waals surface area contributed by atoms with Crippen molar-refractivity contribution in [2.45, 2.75) is 44.2 Å². The number of aromatic nitrogens is 2. The van der Waals surface area contributed by atoms with Gasteiger partial charge in [0.2, 0.25) is 5.91 Å². The molecule has 1 spiro atoms. The van der Waals surface area contributed by atoms with Crippen LogP contribution in [0, 0.1) is 0 Å². The summed E-state index contributed by atoms with van der Waals surface area (Å²) in [7, 11) is 1.80. The molecule has 102 valence electrons. The molecule has 1 atom stereocenters. The first-order valence-corrected chi connectivity index (χ1v) is 6.68. The molecule has 0 aromatic carbocycles. The Labute approximate surface area is 111 Å². The number of amides is 2. The smallest absolute Gasteiger partial charge is 0.253 e. The molecule has 1 unspecified atom stereocenters. The highest BCUT2D eigenvalue weighted by atomic mass is 16.2. The molecule has 2 amide bonds. The topological polar surface area (TPSA) is 67.2 Å². The van der Waals surface area contributed by atoms with Crippen LogP contribution in [0.4, 0.5) is 5.69 Å². The molecule has 1 N–H and O–H groups in total. The summed E-state index contributed by atoms with van der Waals surface area (Å²) in [5.74, 6) is -0.0737. The fourth-order valence-electron chi connectivity index (χ4n) is 3.11. The fraction of sp³-hybridized carbons (Fsp3) is 0.615. The maximum atomic E-state index is 12.8. The zero-order chi connectivity index (χ0) is 13.6. The number of rotatable bonds is 1. The van der Waals surface area contributed by atoms with Crippen molar-refractivity contribution in [2.24, 2.45) is 7.05 Å². The number of anilines is 1. The summed E-state index contributed by atoms with van der Waals surface area (Å²) in [5, 5.41) is 7.03. The van der Waals surface area contributed by atoms with E-state index in [-0.39, 0.29) is 11.8 Å². The van der Waals surface area contributed by atoms with Gasteiger partial charge >= 0.3 is 0 Å². The summed E-state index contributed by atoms with van der Waals surface area (Å²) in [6.45, 7) is 1.75. The third-order valence-corrected chi connectivity index (χ3v) is 4.18. The van der Waals surface area contributed by atoms with Crippen molar-refractivity contribution < 1.29 is 9.59 Å². The average molecular weight is 262 g/mol. The molecule has 2 fully saturated rings. The predicted octanol–water partition coefficient (Wildman–Crippen LogP) is 0.584. The van der Waals surface area contributed by atoms with Gasteiger partial charge < -0.3 is 5.32 Å².